The summed E-state index contributed by atoms with van der Waals surface area (Å²) in [5, 5.41) is 0. The molecule has 0 radical (unpaired) electrons. The Morgan fingerprint density at radius 3 is 2.08 bits per heavy atom. The Morgan fingerprint density at radius 2 is 1.50 bits per heavy atom. The standard InChI is InChI=1S/C22H27NO/c1-4-23(5-2)18-10-9-13-22(19-11-7-6-8-12-19)20-14-16-21(24-3)17-15-20/h6-8,11-12,14-17,22H,4-5,13,18H2,1-3H3. The van der Waals surface area contributed by atoms with Crippen molar-refractivity contribution in [1.82, 2.24) is 4.90 Å². The van der Waals surface area contributed by atoms with E-state index in [2.05, 4.69) is 73.1 Å². The van der Waals surface area contributed by atoms with E-state index in [1.807, 2.05) is 12.1 Å². The average molecular weight is 321 g/mol. The van der Waals surface area contributed by atoms with Crippen molar-refractivity contribution in [3.8, 4) is 17.6 Å². The number of hydrogen-bond donors (Lipinski definition) is 0. The molecule has 0 bridgehead atoms. The summed E-state index contributed by atoms with van der Waals surface area (Å²) in [5.74, 6) is 7.90. The van der Waals surface area contributed by atoms with Crippen LogP contribution in [0.2, 0.25) is 0 Å². The minimum absolute atomic E-state index is 0.293. The first kappa shape index (κ1) is 18.1. The first-order valence-electron chi connectivity index (χ1n) is 8.65. The molecule has 0 aliphatic rings. The molecule has 2 aromatic carbocycles. The van der Waals surface area contributed by atoms with E-state index in [4.69, 9.17) is 4.74 Å². The second-order valence-corrected chi connectivity index (χ2v) is 5.76. The topological polar surface area (TPSA) is 12.5 Å². The summed E-state index contributed by atoms with van der Waals surface area (Å²) in [6.07, 6.45) is 0.831. The molecule has 0 aliphatic carbocycles. The van der Waals surface area contributed by atoms with Crippen molar-refractivity contribution < 1.29 is 4.74 Å². The molecule has 1 unspecified atom stereocenters. The van der Waals surface area contributed by atoms with E-state index in [0.29, 0.717) is 5.92 Å². The molecule has 2 nitrogen and oxygen atoms in total. The van der Waals surface area contributed by atoms with E-state index >= 15 is 0 Å². The zero-order chi connectivity index (χ0) is 17.2. The van der Waals surface area contributed by atoms with E-state index in [0.717, 1.165) is 31.8 Å². The van der Waals surface area contributed by atoms with Crippen molar-refractivity contribution in [1.29, 1.82) is 0 Å². The van der Waals surface area contributed by atoms with Gasteiger partial charge in [-0.1, -0.05) is 62.2 Å². The maximum atomic E-state index is 5.27. The number of nitrogens with zero attached hydrogens (tertiary/aromatic N) is 1. The van der Waals surface area contributed by atoms with Crippen molar-refractivity contribution in [2.45, 2.75) is 26.2 Å². The molecule has 0 saturated heterocycles. The monoisotopic (exact) mass is 321 g/mol. The van der Waals surface area contributed by atoms with E-state index in [-0.39, 0.29) is 0 Å². The van der Waals surface area contributed by atoms with Crippen LogP contribution in [0.5, 0.6) is 5.75 Å². The van der Waals surface area contributed by atoms with E-state index in [9.17, 15) is 0 Å². The van der Waals surface area contributed by atoms with Crippen LogP contribution in [0.1, 0.15) is 37.3 Å². The summed E-state index contributed by atoms with van der Waals surface area (Å²) >= 11 is 0. The van der Waals surface area contributed by atoms with Gasteiger partial charge in [0.15, 0.2) is 0 Å². The smallest absolute Gasteiger partial charge is 0.118 e. The molecule has 2 aromatic rings. The highest BCUT2D eigenvalue weighted by molar-refractivity contribution is 5.37. The fourth-order valence-corrected chi connectivity index (χ4v) is 2.74. The van der Waals surface area contributed by atoms with Gasteiger partial charge in [-0.15, -0.1) is 5.92 Å². The number of hydrogen-bond acceptors (Lipinski definition) is 2. The summed E-state index contributed by atoms with van der Waals surface area (Å²) in [6.45, 7) is 7.29. The molecule has 24 heavy (non-hydrogen) atoms. The molecule has 2 heteroatoms. The second kappa shape index (κ2) is 9.80. The van der Waals surface area contributed by atoms with E-state index in [1.54, 1.807) is 7.11 Å². The van der Waals surface area contributed by atoms with Crippen LogP contribution in [0.3, 0.4) is 0 Å². The van der Waals surface area contributed by atoms with Crippen molar-refractivity contribution >= 4 is 0 Å². The molecule has 0 N–H and O–H groups in total. The third kappa shape index (κ3) is 5.15. The third-order valence-electron chi connectivity index (χ3n) is 4.35. The number of rotatable bonds is 7. The number of methoxy groups -OCH3 is 1. The van der Waals surface area contributed by atoms with Gasteiger partial charge < -0.3 is 4.74 Å². The first-order chi connectivity index (χ1) is 11.8. The Hall–Kier alpha value is -2.24. The van der Waals surface area contributed by atoms with Crippen LogP contribution in [0, 0.1) is 11.8 Å². The van der Waals surface area contributed by atoms with Crippen LogP contribution in [0.15, 0.2) is 54.6 Å². The van der Waals surface area contributed by atoms with Gasteiger partial charge in [0.2, 0.25) is 0 Å². The van der Waals surface area contributed by atoms with Crippen LogP contribution in [-0.2, 0) is 0 Å². The fraction of sp³-hybridized carbons (Fsp3) is 0.364. The van der Waals surface area contributed by atoms with Crippen molar-refractivity contribution in [2.75, 3.05) is 26.7 Å². The lowest BCUT2D eigenvalue weighted by Gasteiger charge is -2.16. The number of ether oxygens (including phenoxy) is 1. The highest BCUT2D eigenvalue weighted by Crippen LogP contribution is 2.28. The van der Waals surface area contributed by atoms with E-state index < -0.39 is 0 Å². The molecular formula is C22H27NO. The minimum atomic E-state index is 0.293. The SMILES string of the molecule is CCN(CC)CC#CCC(c1ccccc1)c1ccc(OC)cc1. The maximum Gasteiger partial charge on any atom is 0.118 e. The van der Waals surface area contributed by atoms with E-state index in [1.165, 1.54) is 11.1 Å². The number of benzene rings is 2. The van der Waals surface area contributed by atoms with Gasteiger partial charge in [-0.25, -0.2) is 0 Å². The largest absolute Gasteiger partial charge is 0.497 e. The van der Waals surface area contributed by atoms with Gasteiger partial charge in [0.1, 0.15) is 5.75 Å². The van der Waals surface area contributed by atoms with Gasteiger partial charge in [0.25, 0.3) is 0 Å². The summed E-state index contributed by atoms with van der Waals surface area (Å²) in [4.78, 5) is 2.33. The Balaban J connectivity index is 2.16. The molecule has 0 heterocycles. The first-order valence-corrected chi connectivity index (χ1v) is 8.65. The molecule has 126 valence electrons. The van der Waals surface area contributed by atoms with Crippen molar-refractivity contribution in [2.24, 2.45) is 0 Å². The van der Waals surface area contributed by atoms with Crippen LogP contribution in [-0.4, -0.2) is 31.6 Å². The third-order valence-corrected chi connectivity index (χ3v) is 4.35. The average Bonchev–Trinajstić information content (AvgIpc) is 2.66. The molecular weight excluding hydrogens is 294 g/mol. The molecule has 0 saturated carbocycles. The lowest BCUT2D eigenvalue weighted by atomic mass is 9.89. The van der Waals surface area contributed by atoms with Gasteiger partial charge in [0, 0.05) is 12.3 Å². The van der Waals surface area contributed by atoms with Crippen molar-refractivity contribution in [3.05, 3.63) is 65.7 Å². The molecule has 0 aliphatic heterocycles. The lowest BCUT2D eigenvalue weighted by Crippen LogP contribution is -2.22. The predicted octanol–water partition coefficient (Wildman–Crippen LogP) is 4.56. The van der Waals surface area contributed by atoms with Crippen molar-refractivity contribution in [3.63, 3.8) is 0 Å². The molecule has 0 aromatic heterocycles. The molecule has 0 amide bonds. The predicted molar refractivity (Wildman–Crippen MR) is 101 cm³/mol. The van der Waals surface area contributed by atoms with Gasteiger partial charge in [-0.2, -0.15) is 0 Å². The van der Waals surface area contributed by atoms with Gasteiger partial charge in [-0.05, 0) is 36.3 Å². The van der Waals surface area contributed by atoms with Gasteiger partial charge in [0.05, 0.1) is 13.7 Å². The summed E-state index contributed by atoms with van der Waals surface area (Å²) in [7, 11) is 1.70. The van der Waals surface area contributed by atoms with Crippen LogP contribution >= 0.6 is 0 Å². The highest BCUT2D eigenvalue weighted by atomic mass is 16.5. The Labute approximate surface area is 146 Å². The van der Waals surface area contributed by atoms with Gasteiger partial charge >= 0.3 is 0 Å². The quantitative estimate of drug-likeness (QED) is 0.693. The second-order valence-electron chi connectivity index (χ2n) is 5.76. The van der Waals surface area contributed by atoms with Crippen LogP contribution < -0.4 is 4.74 Å². The Kier molecular flexibility index (Phi) is 7.39. The summed E-state index contributed by atoms with van der Waals surface area (Å²) < 4.78 is 5.27. The van der Waals surface area contributed by atoms with Gasteiger partial charge in [-0.3, -0.25) is 4.90 Å². The van der Waals surface area contributed by atoms with Crippen LogP contribution in [0.25, 0.3) is 0 Å². The zero-order valence-electron chi connectivity index (χ0n) is 15.0. The Bertz CT molecular complexity index is 648. The zero-order valence-corrected chi connectivity index (χ0v) is 15.0. The van der Waals surface area contributed by atoms with Crippen LogP contribution in [0.4, 0.5) is 0 Å². The normalized spacial score (nSPS) is 11.7. The molecule has 2 rings (SSSR count). The molecule has 1 atom stereocenters. The minimum Gasteiger partial charge on any atom is -0.497 e. The maximum absolute atomic E-state index is 5.27. The lowest BCUT2D eigenvalue weighted by molar-refractivity contribution is 0.342. The fourth-order valence-electron chi connectivity index (χ4n) is 2.74. The molecule has 0 fully saturated rings. The summed E-state index contributed by atoms with van der Waals surface area (Å²) in [6, 6.07) is 18.9. The summed E-state index contributed by atoms with van der Waals surface area (Å²) in [5.41, 5.74) is 2.58. The Morgan fingerprint density at radius 1 is 0.875 bits per heavy atom. The highest BCUT2D eigenvalue weighted by Gasteiger charge is 2.12. The molecule has 0 spiro atoms.